The maximum Gasteiger partial charge on any atom is 0.244 e. The number of halogens is 1. The smallest absolute Gasteiger partial charge is 0.244 e. The Morgan fingerprint density at radius 3 is 3.05 bits per heavy atom. The van der Waals surface area contributed by atoms with Gasteiger partial charge in [0.2, 0.25) is 5.91 Å². The van der Waals surface area contributed by atoms with Gasteiger partial charge in [-0.1, -0.05) is 19.1 Å². The van der Waals surface area contributed by atoms with Crippen LogP contribution in [0.2, 0.25) is 0 Å². The number of hydrogen-bond acceptors (Lipinski definition) is 3. The van der Waals surface area contributed by atoms with E-state index in [0.717, 1.165) is 42.4 Å². The number of amides is 1. The lowest BCUT2D eigenvalue weighted by atomic mass is 9.93. The zero-order chi connectivity index (χ0) is 13.3. The van der Waals surface area contributed by atoms with Crippen LogP contribution in [0.15, 0.2) is 24.4 Å². The van der Waals surface area contributed by atoms with Gasteiger partial charge >= 0.3 is 0 Å². The molecule has 0 bridgehead atoms. The molecule has 3 N–H and O–H groups in total. The number of carbonyl (C=O) groups is 1. The first-order chi connectivity index (χ1) is 9.25. The van der Waals surface area contributed by atoms with Gasteiger partial charge in [0.05, 0.1) is 22.9 Å². The van der Waals surface area contributed by atoms with E-state index in [1.807, 2.05) is 18.2 Å². The first-order valence-corrected chi connectivity index (χ1v) is 6.74. The molecule has 1 aliphatic rings. The molecule has 6 heteroatoms. The van der Waals surface area contributed by atoms with Gasteiger partial charge < -0.3 is 10.6 Å². The van der Waals surface area contributed by atoms with Gasteiger partial charge in [-0.15, -0.1) is 12.4 Å². The third-order valence-corrected chi connectivity index (χ3v) is 4.01. The number of aromatic amines is 1. The predicted molar refractivity (Wildman–Crippen MR) is 82.2 cm³/mol. The summed E-state index contributed by atoms with van der Waals surface area (Å²) in [4.78, 5) is 12.5. The lowest BCUT2D eigenvalue weighted by molar-refractivity contribution is -0.122. The number of H-pyrrole nitrogens is 1. The molecule has 2 aromatic rings. The molecule has 5 nitrogen and oxygen atoms in total. The number of nitrogens with zero attached hydrogens (tertiary/aromatic N) is 1. The molecule has 0 spiro atoms. The van der Waals surface area contributed by atoms with Crippen molar-refractivity contribution >= 4 is 34.9 Å². The second-order valence-electron chi connectivity index (χ2n) is 5.06. The van der Waals surface area contributed by atoms with Crippen LogP contribution in [0.1, 0.15) is 26.2 Å². The molecule has 0 saturated carbocycles. The summed E-state index contributed by atoms with van der Waals surface area (Å²) in [7, 11) is 0. The van der Waals surface area contributed by atoms with Gasteiger partial charge in [-0.05, 0) is 31.9 Å². The van der Waals surface area contributed by atoms with Gasteiger partial charge in [-0.3, -0.25) is 9.89 Å². The minimum atomic E-state index is -0.414. The molecule has 1 atom stereocenters. The van der Waals surface area contributed by atoms with Crippen LogP contribution >= 0.6 is 12.4 Å². The number of carbonyl (C=O) groups excluding carboxylic acids is 1. The quantitative estimate of drug-likeness (QED) is 0.814. The third kappa shape index (κ3) is 2.39. The Hall–Kier alpha value is -1.59. The molecule has 2 heterocycles. The maximum absolute atomic E-state index is 12.5. The molecule has 1 aromatic carbocycles. The second-order valence-corrected chi connectivity index (χ2v) is 5.06. The largest absolute Gasteiger partial charge is 0.323 e. The summed E-state index contributed by atoms with van der Waals surface area (Å²) in [5, 5.41) is 14.3. The number of aromatic nitrogens is 2. The lowest BCUT2D eigenvalue weighted by Gasteiger charge is -2.26. The van der Waals surface area contributed by atoms with Crippen molar-refractivity contribution in [1.29, 1.82) is 0 Å². The van der Waals surface area contributed by atoms with E-state index in [1.165, 1.54) is 0 Å². The van der Waals surface area contributed by atoms with E-state index in [-0.39, 0.29) is 18.3 Å². The molecule has 1 saturated heterocycles. The van der Waals surface area contributed by atoms with Gasteiger partial charge in [0.15, 0.2) is 0 Å². The molecule has 1 amide bonds. The molecule has 108 valence electrons. The zero-order valence-corrected chi connectivity index (χ0v) is 12.2. The van der Waals surface area contributed by atoms with E-state index in [9.17, 15) is 4.79 Å². The van der Waals surface area contributed by atoms with Crippen LogP contribution in [0.4, 0.5) is 5.69 Å². The van der Waals surface area contributed by atoms with Crippen LogP contribution in [0.25, 0.3) is 10.9 Å². The molecule has 1 fully saturated rings. The first-order valence-electron chi connectivity index (χ1n) is 6.74. The molecule has 0 aliphatic carbocycles. The highest BCUT2D eigenvalue weighted by Crippen LogP contribution is 2.27. The molecule has 1 unspecified atom stereocenters. The number of nitrogens with one attached hydrogen (secondary N) is 3. The predicted octanol–water partition coefficient (Wildman–Crippen LogP) is 2.46. The van der Waals surface area contributed by atoms with Gasteiger partial charge in [0.1, 0.15) is 0 Å². The van der Waals surface area contributed by atoms with Crippen molar-refractivity contribution in [3.05, 3.63) is 24.4 Å². The van der Waals surface area contributed by atoms with Crippen molar-refractivity contribution in [1.82, 2.24) is 15.5 Å². The molecular formula is C14H19ClN4O. The lowest BCUT2D eigenvalue weighted by Crippen LogP contribution is -2.50. The normalized spacial score (nSPS) is 21.6. The Morgan fingerprint density at radius 1 is 1.50 bits per heavy atom. The average Bonchev–Trinajstić information content (AvgIpc) is 3.08. The Kier molecular flexibility index (Phi) is 4.30. The van der Waals surface area contributed by atoms with Gasteiger partial charge in [0.25, 0.3) is 0 Å². The third-order valence-electron chi connectivity index (χ3n) is 4.01. The van der Waals surface area contributed by atoms with Crippen molar-refractivity contribution in [3.8, 4) is 0 Å². The fourth-order valence-corrected chi connectivity index (χ4v) is 2.78. The number of para-hydroxylation sites is 1. The monoisotopic (exact) mass is 294 g/mol. The Morgan fingerprint density at radius 2 is 2.35 bits per heavy atom. The van der Waals surface area contributed by atoms with E-state index in [0.29, 0.717) is 0 Å². The molecule has 1 aromatic heterocycles. The summed E-state index contributed by atoms with van der Waals surface area (Å²) in [5.74, 6) is 0.0506. The van der Waals surface area contributed by atoms with Crippen LogP contribution in [0.5, 0.6) is 0 Å². The van der Waals surface area contributed by atoms with Crippen molar-refractivity contribution in [2.75, 3.05) is 11.9 Å². The molecule has 20 heavy (non-hydrogen) atoms. The Balaban J connectivity index is 0.00000147. The van der Waals surface area contributed by atoms with Gasteiger partial charge in [0, 0.05) is 5.39 Å². The maximum atomic E-state index is 12.5. The van der Waals surface area contributed by atoms with E-state index in [1.54, 1.807) is 6.20 Å². The van der Waals surface area contributed by atoms with Gasteiger partial charge in [-0.25, -0.2) is 0 Å². The fraction of sp³-hybridized carbons (Fsp3) is 0.429. The Bertz CT molecular complexity index is 604. The standard InChI is InChI=1S/C14H18N4O.ClH/c1-2-14(7-4-8-15-14)13(19)17-11-6-3-5-10-9-16-18-12(10)11;/h3,5-6,9,15H,2,4,7-8H2,1H3,(H,16,18)(H,17,19);1H. The average molecular weight is 295 g/mol. The molecule has 1 aliphatic heterocycles. The second kappa shape index (κ2) is 5.81. The number of fused-ring (bicyclic) bond motifs is 1. The summed E-state index contributed by atoms with van der Waals surface area (Å²) in [6.07, 6.45) is 4.51. The Labute approximate surface area is 123 Å². The number of hydrogen-bond donors (Lipinski definition) is 3. The van der Waals surface area contributed by atoms with E-state index < -0.39 is 5.54 Å². The van der Waals surface area contributed by atoms with E-state index >= 15 is 0 Å². The minimum absolute atomic E-state index is 0. The minimum Gasteiger partial charge on any atom is -0.323 e. The highest BCUT2D eigenvalue weighted by Gasteiger charge is 2.39. The number of anilines is 1. The summed E-state index contributed by atoms with van der Waals surface area (Å²) in [6, 6.07) is 5.79. The number of benzene rings is 1. The zero-order valence-electron chi connectivity index (χ0n) is 11.4. The highest BCUT2D eigenvalue weighted by molar-refractivity contribution is 6.04. The summed E-state index contributed by atoms with van der Waals surface area (Å²) in [6.45, 7) is 2.96. The van der Waals surface area contributed by atoms with Crippen LogP contribution in [0.3, 0.4) is 0 Å². The SMILES string of the molecule is CCC1(C(=O)Nc2cccc3cn[nH]c23)CCCN1.Cl. The van der Waals surface area contributed by atoms with Gasteiger partial charge in [-0.2, -0.15) is 5.10 Å². The molecule has 3 rings (SSSR count). The van der Waals surface area contributed by atoms with Crippen molar-refractivity contribution < 1.29 is 4.79 Å². The topological polar surface area (TPSA) is 69.8 Å². The van der Waals surface area contributed by atoms with Crippen LogP contribution in [-0.2, 0) is 4.79 Å². The summed E-state index contributed by atoms with van der Waals surface area (Å²) in [5.41, 5.74) is 1.25. The van der Waals surface area contributed by atoms with E-state index in [2.05, 4.69) is 27.8 Å². The highest BCUT2D eigenvalue weighted by atomic mass is 35.5. The van der Waals surface area contributed by atoms with Crippen molar-refractivity contribution in [2.45, 2.75) is 31.7 Å². The fourth-order valence-electron chi connectivity index (χ4n) is 2.78. The number of rotatable bonds is 3. The van der Waals surface area contributed by atoms with Crippen LogP contribution in [-0.4, -0.2) is 28.2 Å². The van der Waals surface area contributed by atoms with E-state index in [4.69, 9.17) is 0 Å². The van der Waals surface area contributed by atoms with Crippen LogP contribution < -0.4 is 10.6 Å². The molecule has 0 radical (unpaired) electrons. The molecular weight excluding hydrogens is 276 g/mol. The van der Waals surface area contributed by atoms with Crippen molar-refractivity contribution in [3.63, 3.8) is 0 Å². The van der Waals surface area contributed by atoms with Crippen molar-refractivity contribution in [2.24, 2.45) is 0 Å². The summed E-state index contributed by atoms with van der Waals surface area (Å²) >= 11 is 0. The van der Waals surface area contributed by atoms with Crippen LogP contribution in [0, 0.1) is 0 Å². The first kappa shape index (κ1) is 14.8. The summed E-state index contributed by atoms with van der Waals surface area (Å²) < 4.78 is 0.